The summed E-state index contributed by atoms with van der Waals surface area (Å²) < 4.78 is 22.9. The highest BCUT2D eigenvalue weighted by Crippen LogP contribution is 2.06. The number of rotatable bonds is 7. The molecule has 0 bridgehead atoms. The van der Waals surface area contributed by atoms with E-state index in [1.165, 1.54) is 19.3 Å². The summed E-state index contributed by atoms with van der Waals surface area (Å²) in [5.74, 6) is 0.726. The zero-order chi connectivity index (χ0) is 13.4. The molecule has 1 aliphatic rings. The Kier molecular flexibility index (Phi) is 7.19. The first kappa shape index (κ1) is 15.9. The van der Waals surface area contributed by atoms with Crippen LogP contribution in [0.15, 0.2) is 0 Å². The summed E-state index contributed by atoms with van der Waals surface area (Å²) >= 11 is 0. The fraction of sp³-hybridized carbons (Fsp3) is 1.00. The maximum absolute atomic E-state index is 11.5. The van der Waals surface area contributed by atoms with Gasteiger partial charge in [0.25, 0.3) is 0 Å². The van der Waals surface area contributed by atoms with Crippen LogP contribution in [0.3, 0.4) is 0 Å². The molecule has 0 saturated carbocycles. The van der Waals surface area contributed by atoms with Crippen LogP contribution in [0, 0.1) is 0 Å². The lowest BCUT2D eigenvalue weighted by Gasteiger charge is -2.18. The second kappa shape index (κ2) is 8.12. The van der Waals surface area contributed by atoms with Crippen molar-refractivity contribution in [3.05, 3.63) is 0 Å². The van der Waals surface area contributed by atoms with Crippen molar-refractivity contribution in [2.45, 2.75) is 45.6 Å². The third-order valence-corrected chi connectivity index (χ3v) is 5.07. The average molecular weight is 276 g/mol. The lowest BCUT2D eigenvalue weighted by Crippen LogP contribution is -2.28. The molecule has 18 heavy (non-hydrogen) atoms. The summed E-state index contributed by atoms with van der Waals surface area (Å²) in [4.78, 5) is 2.31. The first-order valence-corrected chi connectivity index (χ1v) is 8.98. The predicted octanol–water partition coefficient (Wildman–Crippen LogP) is 1.28. The van der Waals surface area contributed by atoms with Crippen LogP contribution in [0.5, 0.6) is 0 Å². The molecule has 0 aromatic carbocycles. The van der Waals surface area contributed by atoms with Crippen molar-refractivity contribution in [3.8, 4) is 0 Å². The second-order valence-corrected chi connectivity index (χ2v) is 7.82. The first-order chi connectivity index (χ1) is 8.49. The smallest absolute Gasteiger partial charge is 0.151 e. The Balaban J connectivity index is 2.05. The fourth-order valence-electron chi connectivity index (χ4n) is 2.24. The van der Waals surface area contributed by atoms with Crippen molar-refractivity contribution < 1.29 is 8.42 Å². The number of nitrogens with zero attached hydrogens (tertiary/aromatic N) is 1. The zero-order valence-corrected chi connectivity index (χ0v) is 12.6. The standard InChI is InChI=1S/C13H28N2O2S/c1-13(2)14-7-4-3-5-8-15-9-6-11-18(16,17)12-10-15/h13-14H,3-12H2,1-2H3. The third-order valence-electron chi connectivity index (χ3n) is 3.35. The molecule has 1 heterocycles. The van der Waals surface area contributed by atoms with Gasteiger partial charge in [-0.1, -0.05) is 20.3 Å². The fourth-order valence-corrected chi connectivity index (χ4v) is 3.55. The number of hydrogen-bond donors (Lipinski definition) is 1. The van der Waals surface area contributed by atoms with Crippen molar-refractivity contribution >= 4 is 9.84 Å². The SMILES string of the molecule is CC(C)NCCCCCN1CCCS(=O)(=O)CC1. The van der Waals surface area contributed by atoms with Gasteiger partial charge in [-0.25, -0.2) is 8.42 Å². The van der Waals surface area contributed by atoms with Crippen LogP contribution >= 0.6 is 0 Å². The Morgan fingerprint density at radius 2 is 1.89 bits per heavy atom. The van der Waals surface area contributed by atoms with Crippen LogP contribution in [0.25, 0.3) is 0 Å². The van der Waals surface area contributed by atoms with Crippen LogP contribution in [-0.4, -0.2) is 57.0 Å². The molecule has 1 fully saturated rings. The Morgan fingerprint density at radius 3 is 2.61 bits per heavy atom. The molecule has 1 saturated heterocycles. The van der Waals surface area contributed by atoms with Crippen molar-refractivity contribution in [3.63, 3.8) is 0 Å². The molecule has 0 aliphatic carbocycles. The number of nitrogens with one attached hydrogen (secondary N) is 1. The molecule has 1 rings (SSSR count). The highest BCUT2D eigenvalue weighted by Gasteiger charge is 2.18. The van der Waals surface area contributed by atoms with Gasteiger partial charge in [0.05, 0.1) is 11.5 Å². The van der Waals surface area contributed by atoms with Gasteiger partial charge in [-0.2, -0.15) is 0 Å². The van der Waals surface area contributed by atoms with Gasteiger partial charge in [-0.15, -0.1) is 0 Å². The van der Waals surface area contributed by atoms with E-state index in [0.29, 0.717) is 17.5 Å². The van der Waals surface area contributed by atoms with E-state index in [0.717, 1.165) is 32.6 Å². The molecular weight excluding hydrogens is 248 g/mol. The van der Waals surface area contributed by atoms with Gasteiger partial charge in [0.15, 0.2) is 9.84 Å². The van der Waals surface area contributed by atoms with E-state index in [4.69, 9.17) is 0 Å². The predicted molar refractivity (Wildman–Crippen MR) is 76.7 cm³/mol. The molecule has 1 aliphatic heterocycles. The molecule has 1 N–H and O–H groups in total. The first-order valence-electron chi connectivity index (χ1n) is 7.16. The maximum Gasteiger partial charge on any atom is 0.151 e. The largest absolute Gasteiger partial charge is 0.315 e. The van der Waals surface area contributed by atoms with Gasteiger partial charge in [0, 0.05) is 12.6 Å². The Morgan fingerprint density at radius 1 is 1.11 bits per heavy atom. The van der Waals surface area contributed by atoms with Crippen molar-refractivity contribution in [1.82, 2.24) is 10.2 Å². The lowest BCUT2D eigenvalue weighted by atomic mass is 10.2. The Bertz CT molecular complexity index is 315. The number of sulfone groups is 1. The number of hydrogen-bond acceptors (Lipinski definition) is 4. The van der Waals surface area contributed by atoms with Crippen LogP contribution < -0.4 is 5.32 Å². The topological polar surface area (TPSA) is 49.4 Å². The maximum atomic E-state index is 11.5. The molecule has 0 atom stereocenters. The van der Waals surface area contributed by atoms with E-state index in [9.17, 15) is 8.42 Å². The van der Waals surface area contributed by atoms with Crippen LogP contribution in [-0.2, 0) is 9.84 Å². The van der Waals surface area contributed by atoms with Crippen molar-refractivity contribution in [2.24, 2.45) is 0 Å². The number of unbranched alkanes of at least 4 members (excludes halogenated alkanes) is 2. The van der Waals surface area contributed by atoms with Gasteiger partial charge in [-0.3, -0.25) is 0 Å². The average Bonchev–Trinajstić information content (AvgIpc) is 2.45. The summed E-state index contributed by atoms with van der Waals surface area (Å²) in [7, 11) is -2.75. The summed E-state index contributed by atoms with van der Waals surface area (Å²) in [5, 5.41) is 3.41. The molecular formula is C13H28N2O2S. The quantitative estimate of drug-likeness (QED) is 0.712. The monoisotopic (exact) mass is 276 g/mol. The highest BCUT2D eigenvalue weighted by molar-refractivity contribution is 7.91. The van der Waals surface area contributed by atoms with E-state index >= 15 is 0 Å². The molecule has 0 aromatic heterocycles. The van der Waals surface area contributed by atoms with Crippen molar-refractivity contribution in [1.29, 1.82) is 0 Å². The normalized spacial score (nSPS) is 21.1. The van der Waals surface area contributed by atoms with Gasteiger partial charge in [-0.05, 0) is 38.9 Å². The van der Waals surface area contributed by atoms with E-state index in [1.54, 1.807) is 0 Å². The van der Waals surface area contributed by atoms with E-state index in [-0.39, 0.29) is 0 Å². The van der Waals surface area contributed by atoms with E-state index < -0.39 is 9.84 Å². The summed E-state index contributed by atoms with van der Waals surface area (Å²) in [6, 6.07) is 0.570. The van der Waals surface area contributed by atoms with Crippen LogP contribution in [0.2, 0.25) is 0 Å². The van der Waals surface area contributed by atoms with Crippen molar-refractivity contribution in [2.75, 3.05) is 37.7 Å². The second-order valence-electron chi connectivity index (χ2n) is 5.52. The van der Waals surface area contributed by atoms with Crippen LogP contribution in [0.4, 0.5) is 0 Å². The van der Waals surface area contributed by atoms with E-state index in [2.05, 4.69) is 24.1 Å². The molecule has 0 amide bonds. The van der Waals surface area contributed by atoms with Crippen LogP contribution in [0.1, 0.15) is 39.5 Å². The summed E-state index contributed by atoms with van der Waals surface area (Å²) in [5.41, 5.74) is 0. The molecule has 4 nitrogen and oxygen atoms in total. The molecule has 0 unspecified atom stereocenters. The molecule has 0 spiro atoms. The van der Waals surface area contributed by atoms with Gasteiger partial charge >= 0.3 is 0 Å². The van der Waals surface area contributed by atoms with Gasteiger partial charge < -0.3 is 10.2 Å². The minimum atomic E-state index is -2.75. The molecule has 0 aromatic rings. The minimum absolute atomic E-state index is 0.349. The summed E-state index contributed by atoms with van der Waals surface area (Å²) in [6.07, 6.45) is 4.42. The van der Waals surface area contributed by atoms with Gasteiger partial charge in [0.1, 0.15) is 0 Å². The minimum Gasteiger partial charge on any atom is -0.315 e. The lowest BCUT2D eigenvalue weighted by molar-refractivity contribution is 0.287. The molecule has 5 heteroatoms. The van der Waals surface area contributed by atoms with E-state index in [1.807, 2.05) is 0 Å². The Hall–Kier alpha value is -0.130. The Labute approximate surface area is 112 Å². The molecule has 108 valence electrons. The van der Waals surface area contributed by atoms with Gasteiger partial charge in [0.2, 0.25) is 0 Å². The highest BCUT2D eigenvalue weighted by atomic mass is 32.2. The third kappa shape index (κ3) is 7.34. The molecule has 0 radical (unpaired) electrons. The summed E-state index contributed by atoms with van der Waals surface area (Å²) in [6.45, 7) is 8.15. The zero-order valence-electron chi connectivity index (χ0n) is 11.8.